The number of pyridine rings is 1. The third-order valence-corrected chi connectivity index (χ3v) is 4.28. The number of fused-ring (bicyclic) bond motifs is 1. The molecule has 5 nitrogen and oxygen atoms in total. The fourth-order valence-electron chi connectivity index (χ4n) is 2.68. The van der Waals surface area contributed by atoms with E-state index in [-0.39, 0.29) is 0 Å². The van der Waals surface area contributed by atoms with Crippen LogP contribution in [0.1, 0.15) is 53.4 Å². The standard InChI is InChI=1S/C18H19N3O2/c1-3-11(2)14-9-19-15(17-16(14)20-10-21-17)8-12-4-6-13(7-5-12)18(22)23/h4-7,9-11H,3,8H2,1-2H3,(H,20,21)(H,22,23). The van der Waals surface area contributed by atoms with Crippen LogP contribution in [0.5, 0.6) is 0 Å². The highest BCUT2D eigenvalue weighted by Crippen LogP contribution is 2.27. The maximum Gasteiger partial charge on any atom is 0.335 e. The van der Waals surface area contributed by atoms with Crippen LogP contribution in [0.25, 0.3) is 11.0 Å². The van der Waals surface area contributed by atoms with Crippen LogP contribution >= 0.6 is 0 Å². The Morgan fingerprint density at radius 1 is 1.26 bits per heavy atom. The Morgan fingerprint density at radius 3 is 2.65 bits per heavy atom. The molecule has 2 aromatic heterocycles. The first kappa shape index (κ1) is 15.2. The number of nitrogens with zero attached hydrogens (tertiary/aromatic N) is 2. The van der Waals surface area contributed by atoms with Gasteiger partial charge in [-0.15, -0.1) is 0 Å². The average molecular weight is 309 g/mol. The van der Waals surface area contributed by atoms with Gasteiger partial charge in [-0.3, -0.25) is 4.98 Å². The van der Waals surface area contributed by atoms with Gasteiger partial charge in [-0.2, -0.15) is 0 Å². The van der Waals surface area contributed by atoms with E-state index in [9.17, 15) is 4.79 Å². The number of H-pyrrole nitrogens is 1. The molecule has 3 aromatic rings. The van der Waals surface area contributed by atoms with Gasteiger partial charge >= 0.3 is 5.97 Å². The quantitative estimate of drug-likeness (QED) is 0.752. The number of aromatic amines is 1. The van der Waals surface area contributed by atoms with Gasteiger partial charge in [0.05, 0.1) is 28.6 Å². The zero-order valence-electron chi connectivity index (χ0n) is 13.2. The molecule has 0 radical (unpaired) electrons. The van der Waals surface area contributed by atoms with Crippen LogP contribution in [-0.2, 0) is 6.42 Å². The number of aromatic nitrogens is 3. The minimum Gasteiger partial charge on any atom is -0.478 e. The predicted molar refractivity (Wildman–Crippen MR) is 88.8 cm³/mol. The fourth-order valence-corrected chi connectivity index (χ4v) is 2.68. The van der Waals surface area contributed by atoms with Crippen molar-refractivity contribution < 1.29 is 9.90 Å². The van der Waals surface area contributed by atoms with Gasteiger partial charge in [0, 0.05) is 18.2 Å². The Balaban J connectivity index is 1.94. The van der Waals surface area contributed by atoms with Crippen molar-refractivity contribution in [2.24, 2.45) is 0 Å². The number of rotatable bonds is 5. The van der Waals surface area contributed by atoms with Gasteiger partial charge in [0.2, 0.25) is 0 Å². The number of imidazole rings is 1. The van der Waals surface area contributed by atoms with Crippen LogP contribution in [0, 0.1) is 0 Å². The summed E-state index contributed by atoms with van der Waals surface area (Å²) < 4.78 is 0. The molecule has 3 rings (SSSR count). The molecule has 1 unspecified atom stereocenters. The molecule has 0 saturated heterocycles. The molecule has 23 heavy (non-hydrogen) atoms. The Kier molecular flexibility index (Phi) is 4.10. The number of aromatic carboxylic acids is 1. The molecule has 5 heteroatoms. The highest BCUT2D eigenvalue weighted by Gasteiger charge is 2.14. The van der Waals surface area contributed by atoms with Crippen LogP contribution in [0.4, 0.5) is 0 Å². The number of hydrogen-bond donors (Lipinski definition) is 2. The summed E-state index contributed by atoms with van der Waals surface area (Å²) >= 11 is 0. The van der Waals surface area contributed by atoms with Crippen molar-refractivity contribution in [2.75, 3.05) is 0 Å². The summed E-state index contributed by atoms with van der Waals surface area (Å²) in [5.41, 5.74) is 5.34. The van der Waals surface area contributed by atoms with E-state index in [1.54, 1.807) is 18.5 Å². The topological polar surface area (TPSA) is 78.9 Å². The Morgan fingerprint density at radius 2 is 2.00 bits per heavy atom. The summed E-state index contributed by atoms with van der Waals surface area (Å²) in [7, 11) is 0. The van der Waals surface area contributed by atoms with Gasteiger partial charge in [0.1, 0.15) is 0 Å². The minimum absolute atomic E-state index is 0.292. The summed E-state index contributed by atoms with van der Waals surface area (Å²) in [6.07, 6.45) is 5.30. The van der Waals surface area contributed by atoms with Crippen LogP contribution in [0.15, 0.2) is 36.8 Å². The van der Waals surface area contributed by atoms with E-state index in [1.165, 1.54) is 0 Å². The van der Waals surface area contributed by atoms with Gasteiger partial charge in [-0.05, 0) is 30.0 Å². The molecule has 0 saturated carbocycles. The second-order valence-electron chi connectivity index (χ2n) is 5.77. The normalized spacial score (nSPS) is 12.4. The molecule has 118 valence electrons. The lowest BCUT2D eigenvalue weighted by molar-refractivity contribution is 0.0697. The van der Waals surface area contributed by atoms with Crippen LogP contribution < -0.4 is 0 Å². The van der Waals surface area contributed by atoms with E-state index in [4.69, 9.17) is 5.11 Å². The molecule has 0 fully saturated rings. The molecule has 2 heterocycles. The zero-order chi connectivity index (χ0) is 16.4. The molecule has 1 aromatic carbocycles. The molecular weight excluding hydrogens is 290 g/mol. The predicted octanol–water partition coefficient (Wildman–Crippen LogP) is 3.76. The third-order valence-electron chi connectivity index (χ3n) is 4.28. The van der Waals surface area contributed by atoms with E-state index in [0.29, 0.717) is 17.9 Å². The minimum atomic E-state index is -0.913. The van der Waals surface area contributed by atoms with Crippen molar-refractivity contribution in [3.63, 3.8) is 0 Å². The average Bonchev–Trinajstić information content (AvgIpc) is 3.05. The van der Waals surface area contributed by atoms with Crippen molar-refractivity contribution in [3.05, 3.63) is 59.2 Å². The second-order valence-corrected chi connectivity index (χ2v) is 5.77. The monoisotopic (exact) mass is 309 g/mol. The Labute approximate surface area is 134 Å². The maximum atomic E-state index is 10.9. The molecule has 2 N–H and O–H groups in total. The van der Waals surface area contributed by atoms with Gasteiger partial charge < -0.3 is 10.1 Å². The first-order chi connectivity index (χ1) is 11.1. The van der Waals surface area contributed by atoms with Crippen molar-refractivity contribution >= 4 is 17.0 Å². The first-order valence-electron chi connectivity index (χ1n) is 7.73. The van der Waals surface area contributed by atoms with Crippen LogP contribution in [0.3, 0.4) is 0 Å². The lowest BCUT2D eigenvalue weighted by Gasteiger charge is -2.11. The third kappa shape index (κ3) is 2.95. The molecular formula is C18H19N3O2. The van der Waals surface area contributed by atoms with Crippen LogP contribution in [-0.4, -0.2) is 26.0 Å². The fraction of sp³-hybridized carbons (Fsp3) is 0.278. The van der Waals surface area contributed by atoms with Crippen molar-refractivity contribution in [1.29, 1.82) is 0 Å². The number of carbonyl (C=O) groups is 1. The molecule has 0 amide bonds. The van der Waals surface area contributed by atoms with Gasteiger partial charge in [0.25, 0.3) is 0 Å². The number of benzene rings is 1. The molecule has 0 spiro atoms. The van der Waals surface area contributed by atoms with Crippen molar-refractivity contribution in [3.8, 4) is 0 Å². The number of carboxylic acids is 1. The second kappa shape index (κ2) is 6.20. The molecule has 1 atom stereocenters. The van der Waals surface area contributed by atoms with Gasteiger partial charge in [0.15, 0.2) is 0 Å². The van der Waals surface area contributed by atoms with Gasteiger partial charge in [-0.25, -0.2) is 9.78 Å². The number of nitrogens with one attached hydrogen (secondary N) is 1. The number of hydrogen-bond acceptors (Lipinski definition) is 3. The van der Waals surface area contributed by atoms with E-state index < -0.39 is 5.97 Å². The lowest BCUT2D eigenvalue weighted by atomic mass is 9.98. The zero-order valence-corrected chi connectivity index (χ0v) is 13.2. The summed E-state index contributed by atoms with van der Waals surface area (Å²) in [6.45, 7) is 4.33. The summed E-state index contributed by atoms with van der Waals surface area (Å²) in [5.74, 6) is -0.499. The largest absolute Gasteiger partial charge is 0.478 e. The highest BCUT2D eigenvalue weighted by atomic mass is 16.4. The highest BCUT2D eigenvalue weighted by molar-refractivity contribution is 5.87. The molecule has 0 bridgehead atoms. The van der Waals surface area contributed by atoms with E-state index in [0.717, 1.165) is 34.3 Å². The van der Waals surface area contributed by atoms with Gasteiger partial charge in [-0.1, -0.05) is 26.0 Å². The lowest BCUT2D eigenvalue weighted by Crippen LogP contribution is -2.00. The Bertz CT molecular complexity index is 837. The smallest absolute Gasteiger partial charge is 0.335 e. The molecule has 0 aliphatic rings. The molecule has 0 aliphatic heterocycles. The summed E-state index contributed by atoms with van der Waals surface area (Å²) in [4.78, 5) is 23.2. The Hall–Kier alpha value is -2.69. The van der Waals surface area contributed by atoms with Crippen molar-refractivity contribution in [2.45, 2.75) is 32.6 Å². The SMILES string of the molecule is CCC(C)c1cnc(Cc2ccc(C(=O)O)cc2)c2[nH]cnc12. The summed E-state index contributed by atoms with van der Waals surface area (Å²) in [6, 6.07) is 6.90. The summed E-state index contributed by atoms with van der Waals surface area (Å²) in [5, 5.41) is 8.96. The maximum absolute atomic E-state index is 10.9. The van der Waals surface area contributed by atoms with Crippen LogP contribution in [0.2, 0.25) is 0 Å². The number of carboxylic acid groups (broad SMARTS) is 1. The van der Waals surface area contributed by atoms with E-state index in [1.807, 2.05) is 18.3 Å². The first-order valence-corrected chi connectivity index (χ1v) is 7.73. The molecule has 0 aliphatic carbocycles. The van der Waals surface area contributed by atoms with E-state index in [2.05, 4.69) is 28.8 Å². The van der Waals surface area contributed by atoms with Crippen molar-refractivity contribution in [1.82, 2.24) is 15.0 Å². The van der Waals surface area contributed by atoms with E-state index >= 15 is 0 Å².